The molecule has 2 aromatic rings. The zero-order chi connectivity index (χ0) is 14.9. The second kappa shape index (κ2) is 5.75. The normalized spacial score (nSPS) is 11.9. The zero-order valence-corrected chi connectivity index (χ0v) is 12.3. The van der Waals surface area contributed by atoms with Gasteiger partial charge in [-0.15, -0.1) is 0 Å². The molecule has 0 atom stereocenters. The maximum absolute atomic E-state index is 12.8. The predicted octanol–water partition coefficient (Wildman–Crippen LogP) is 3.86. The molecule has 0 amide bonds. The number of halogens is 5. The average Bonchev–Trinajstić information content (AvgIpc) is 2.66. The number of nitrogens with zero attached hydrogens (tertiary/aromatic N) is 2. The van der Waals surface area contributed by atoms with Crippen LogP contribution in [0.3, 0.4) is 0 Å². The molecule has 1 aromatic heterocycles. The van der Waals surface area contributed by atoms with Gasteiger partial charge in [-0.25, -0.2) is 4.68 Å². The van der Waals surface area contributed by atoms with Crippen LogP contribution >= 0.6 is 27.5 Å². The Balaban J connectivity index is 2.41. The first-order valence-electron chi connectivity index (χ1n) is 5.50. The smallest absolute Gasteiger partial charge is 0.391 e. The van der Waals surface area contributed by atoms with Gasteiger partial charge in [0.25, 0.3) is 0 Å². The van der Waals surface area contributed by atoms with Gasteiger partial charge < -0.3 is 5.11 Å². The van der Waals surface area contributed by atoms with Gasteiger partial charge >= 0.3 is 6.18 Å². The van der Waals surface area contributed by atoms with Crippen LogP contribution in [0, 0.1) is 0 Å². The number of aromatic nitrogens is 2. The third-order valence-corrected chi connectivity index (χ3v) is 3.55. The van der Waals surface area contributed by atoms with Crippen LogP contribution < -0.4 is 0 Å². The summed E-state index contributed by atoms with van der Waals surface area (Å²) in [5.74, 6) is 0. The van der Waals surface area contributed by atoms with E-state index in [1.807, 2.05) is 0 Å². The SMILES string of the molecule is OCc1c(C(F)(F)F)nn(Cc2cccc(Br)c2)c1Cl. The van der Waals surface area contributed by atoms with Gasteiger partial charge in [0.15, 0.2) is 5.69 Å². The molecule has 0 radical (unpaired) electrons. The Labute approximate surface area is 126 Å². The highest BCUT2D eigenvalue weighted by Gasteiger charge is 2.38. The van der Waals surface area contributed by atoms with Crippen LogP contribution in [0.15, 0.2) is 28.7 Å². The lowest BCUT2D eigenvalue weighted by atomic mass is 10.2. The molecular weight excluding hydrogens is 360 g/mol. The Morgan fingerprint density at radius 1 is 1.35 bits per heavy atom. The van der Waals surface area contributed by atoms with Gasteiger partial charge in [0, 0.05) is 10.0 Å². The van der Waals surface area contributed by atoms with E-state index in [-0.39, 0.29) is 11.7 Å². The van der Waals surface area contributed by atoms with Gasteiger partial charge in [0.1, 0.15) is 5.15 Å². The first kappa shape index (κ1) is 15.3. The topological polar surface area (TPSA) is 38.1 Å². The van der Waals surface area contributed by atoms with E-state index in [2.05, 4.69) is 21.0 Å². The van der Waals surface area contributed by atoms with Crippen molar-refractivity contribution in [2.45, 2.75) is 19.3 Å². The van der Waals surface area contributed by atoms with Crippen molar-refractivity contribution in [3.8, 4) is 0 Å². The van der Waals surface area contributed by atoms with Crippen molar-refractivity contribution < 1.29 is 18.3 Å². The Kier molecular flexibility index (Phi) is 4.41. The molecule has 0 aliphatic heterocycles. The summed E-state index contributed by atoms with van der Waals surface area (Å²) in [5, 5.41) is 12.3. The van der Waals surface area contributed by atoms with Crippen molar-refractivity contribution in [3.05, 3.63) is 50.7 Å². The van der Waals surface area contributed by atoms with E-state index in [1.54, 1.807) is 24.3 Å². The van der Waals surface area contributed by atoms with E-state index in [0.29, 0.717) is 0 Å². The van der Waals surface area contributed by atoms with Crippen molar-refractivity contribution in [1.29, 1.82) is 0 Å². The predicted molar refractivity (Wildman–Crippen MR) is 71.4 cm³/mol. The minimum absolute atomic E-state index is 0.0847. The van der Waals surface area contributed by atoms with Crippen molar-refractivity contribution >= 4 is 27.5 Å². The monoisotopic (exact) mass is 368 g/mol. The fraction of sp³-hybridized carbons (Fsp3) is 0.250. The second-order valence-electron chi connectivity index (χ2n) is 4.06. The fourth-order valence-corrected chi connectivity index (χ4v) is 2.45. The third kappa shape index (κ3) is 3.16. The average molecular weight is 370 g/mol. The maximum atomic E-state index is 12.8. The highest BCUT2D eigenvalue weighted by molar-refractivity contribution is 9.10. The van der Waals surface area contributed by atoms with Crippen molar-refractivity contribution in [3.63, 3.8) is 0 Å². The first-order chi connectivity index (χ1) is 9.32. The minimum atomic E-state index is -4.65. The van der Waals surface area contributed by atoms with Crippen LogP contribution in [0.4, 0.5) is 13.2 Å². The number of aliphatic hydroxyl groups excluding tert-OH is 1. The van der Waals surface area contributed by atoms with Gasteiger partial charge in [0.2, 0.25) is 0 Å². The molecule has 3 nitrogen and oxygen atoms in total. The molecule has 0 aliphatic rings. The summed E-state index contributed by atoms with van der Waals surface area (Å²) in [6.07, 6.45) is -4.65. The van der Waals surface area contributed by atoms with Gasteiger partial charge in [-0.2, -0.15) is 18.3 Å². The molecule has 0 aliphatic carbocycles. The summed E-state index contributed by atoms with van der Waals surface area (Å²) < 4.78 is 40.2. The molecule has 1 aromatic carbocycles. The summed E-state index contributed by atoms with van der Waals surface area (Å²) in [4.78, 5) is 0. The summed E-state index contributed by atoms with van der Waals surface area (Å²) in [7, 11) is 0. The first-order valence-corrected chi connectivity index (χ1v) is 6.67. The molecule has 2 rings (SSSR count). The quantitative estimate of drug-likeness (QED) is 0.892. The molecule has 1 N–H and O–H groups in total. The molecule has 8 heteroatoms. The summed E-state index contributed by atoms with van der Waals surface area (Å²) in [5.41, 5.74) is -0.823. The van der Waals surface area contributed by atoms with Crippen LogP contribution in [0.2, 0.25) is 5.15 Å². The minimum Gasteiger partial charge on any atom is -0.391 e. The molecule has 0 unspecified atom stereocenters. The van der Waals surface area contributed by atoms with Gasteiger partial charge in [-0.1, -0.05) is 39.7 Å². The molecule has 108 valence electrons. The van der Waals surface area contributed by atoms with Crippen LogP contribution in [0.5, 0.6) is 0 Å². The van der Waals surface area contributed by atoms with Crippen molar-refractivity contribution in [2.75, 3.05) is 0 Å². The van der Waals surface area contributed by atoms with Crippen molar-refractivity contribution in [2.24, 2.45) is 0 Å². The summed E-state index contributed by atoms with van der Waals surface area (Å²) in [6.45, 7) is -0.729. The maximum Gasteiger partial charge on any atom is 0.435 e. The molecule has 0 bridgehead atoms. The Morgan fingerprint density at radius 2 is 2.05 bits per heavy atom. The van der Waals surface area contributed by atoms with Crippen molar-refractivity contribution in [1.82, 2.24) is 9.78 Å². The lowest BCUT2D eigenvalue weighted by molar-refractivity contribution is -0.142. The lowest BCUT2D eigenvalue weighted by Crippen LogP contribution is -2.10. The number of aliphatic hydroxyl groups is 1. The largest absolute Gasteiger partial charge is 0.435 e. The standard InChI is InChI=1S/C12H9BrClF3N2O/c13-8-3-1-2-7(4-8)5-19-11(14)9(6-20)10(18-19)12(15,16)17/h1-4,20H,5-6H2. The summed E-state index contributed by atoms with van der Waals surface area (Å²) in [6, 6.07) is 7.06. The van der Waals surface area contributed by atoms with Gasteiger partial charge in [-0.3, -0.25) is 0 Å². The number of benzene rings is 1. The number of hydrogen-bond acceptors (Lipinski definition) is 2. The zero-order valence-electron chi connectivity index (χ0n) is 9.96. The third-order valence-electron chi connectivity index (χ3n) is 2.63. The highest BCUT2D eigenvalue weighted by Crippen LogP contribution is 2.34. The van der Waals surface area contributed by atoms with Gasteiger partial charge in [-0.05, 0) is 17.7 Å². The Hall–Kier alpha value is -1.05. The van der Waals surface area contributed by atoms with Crippen LogP contribution in [0.25, 0.3) is 0 Å². The highest BCUT2D eigenvalue weighted by atomic mass is 79.9. The van der Waals surface area contributed by atoms with E-state index >= 15 is 0 Å². The van der Waals surface area contributed by atoms with Crippen LogP contribution in [-0.2, 0) is 19.3 Å². The second-order valence-corrected chi connectivity index (χ2v) is 5.34. The van der Waals surface area contributed by atoms with E-state index in [1.165, 1.54) is 0 Å². The number of alkyl halides is 3. The van der Waals surface area contributed by atoms with E-state index in [0.717, 1.165) is 14.7 Å². The van der Waals surface area contributed by atoms with E-state index in [4.69, 9.17) is 16.7 Å². The van der Waals surface area contributed by atoms with E-state index < -0.39 is 24.0 Å². The van der Waals surface area contributed by atoms with Crippen LogP contribution in [-0.4, -0.2) is 14.9 Å². The lowest BCUT2D eigenvalue weighted by Gasteiger charge is -2.04. The molecule has 20 heavy (non-hydrogen) atoms. The fourth-order valence-electron chi connectivity index (χ4n) is 1.76. The van der Waals surface area contributed by atoms with Gasteiger partial charge in [0.05, 0.1) is 13.2 Å². The molecule has 0 saturated heterocycles. The Morgan fingerprint density at radius 3 is 2.55 bits per heavy atom. The number of rotatable bonds is 3. The van der Waals surface area contributed by atoms with Crippen LogP contribution in [0.1, 0.15) is 16.8 Å². The van der Waals surface area contributed by atoms with E-state index in [9.17, 15) is 13.2 Å². The molecule has 0 saturated carbocycles. The summed E-state index contributed by atoms with van der Waals surface area (Å²) >= 11 is 9.13. The molecule has 0 spiro atoms. The number of hydrogen-bond donors (Lipinski definition) is 1. The molecule has 1 heterocycles. The molecule has 0 fully saturated rings. The molecular formula is C12H9BrClF3N2O. The Bertz CT molecular complexity index is 628.